The molecule has 5 rings (SSSR count). The average molecular weight is 351 g/mol. The van der Waals surface area contributed by atoms with Crippen molar-refractivity contribution in [1.82, 2.24) is 24.3 Å². The van der Waals surface area contributed by atoms with E-state index in [4.69, 9.17) is 19.6 Å². The van der Waals surface area contributed by atoms with Gasteiger partial charge in [-0.15, -0.1) is 0 Å². The summed E-state index contributed by atoms with van der Waals surface area (Å²) < 4.78 is 15.1. The first kappa shape index (κ1) is 15.4. The Hall–Kier alpha value is -2.83. The Kier molecular flexibility index (Phi) is 3.32. The molecule has 7 nitrogen and oxygen atoms in total. The van der Waals surface area contributed by atoms with Gasteiger partial charge in [0.25, 0.3) is 0 Å². The zero-order valence-corrected chi connectivity index (χ0v) is 14.9. The van der Waals surface area contributed by atoms with Gasteiger partial charge < -0.3 is 14.0 Å². The molecule has 1 aromatic carbocycles. The Morgan fingerprint density at radius 2 is 2.04 bits per heavy atom. The second-order valence-electron chi connectivity index (χ2n) is 7.41. The molecule has 0 radical (unpaired) electrons. The predicted octanol–water partition coefficient (Wildman–Crippen LogP) is 3.05. The van der Waals surface area contributed by atoms with Gasteiger partial charge in [0.15, 0.2) is 17.3 Å². The van der Waals surface area contributed by atoms with E-state index in [2.05, 4.69) is 23.4 Å². The molecule has 0 amide bonds. The summed E-state index contributed by atoms with van der Waals surface area (Å²) in [6.45, 7) is 5.38. The van der Waals surface area contributed by atoms with Gasteiger partial charge in [0.2, 0.25) is 6.79 Å². The molecule has 0 unspecified atom stereocenters. The number of imidazole rings is 1. The standard InChI is InChI=1S/C19H21N5O2/c1-13(2)17-21-18(19(5-6-19)10-23-8-7-20-11-23)24(22-17)14-3-4-15-16(9-14)26-12-25-15/h3-4,7-9,11,13H,5-6,10,12H2,1-2H3. The van der Waals surface area contributed by atoms with Crippen molar-refractivity contribution in [3.8, 4) is 17.2 Å². The van der Waals surface area contributed by atoms with Gasteiger partial charge >= 0.3 is 0 Å². The first-order chi connectivity index (χ1) is 12.6. The lowest BCUT2D eigenvalue weighted by Crippen LogP contribution is -2.20. The molecule has 2 aliphatic rings. The number of hydrogen-bond donors (Lipinski definition) is 0. The Bertz CT molecular complexity index is 941. The fourth-order valence-corrected chi connectivity index (χ4v) is 3.45. The van der Waals surface area contributed by atoms with Crippen molar-refractivity contribution < 1.29 is 9.47 Å². The van der Waals surface area contributed by atoms with Crippen molar-refractivity contribution in [2.45, 2.75) is 44.6 Å². The maximum atomic E-state index is 5.55. The Morgan fingerprint density at radius 1 is 1.19 bits per heavy atom. The first-order valence-corrected chi connectivity index (χ1v) is 8.98. The van der Waals surface area contributed by atoms with Crippen molar-refractivity contribution in [1.29, 1.82) is 0 Å². The van der Waals surface area contributed by atoms with Crippen LogP contribution in [-0.2, 0) is 12.0 Å². The van der Waals surface area contributed by atoms with Crippen LogP contribution in [-0.4, -0.2) is 31.1 Å². The minimum Gasteiger partial charge on any atom is -0.454 e. The number of fused-ring (bicyclic) bond motifs is 1. The van der Waals surface area contributed by atoms with Gasteiger partial charge in [-0.3, -0.25) is 0 Å². The van der Waals surface area contributed by atoms with Gasteiger partial charge in [-0.05, 0) is 25.0 Å². The summed E-state index contributed by atoms with van der Waals surface area (Å²) in [6, 6.07) is 5.94. The molecule has 0 bridgehead atoms. The van der Waals surface area contributed by atoms with Gasteiger partial charge in [-0.1, -0.05) is 13.8 Å². The highest BCUT2D eigenvalue weighted by Crippen LogP contribution is 2.49. The maximum absolute atomic E-state index is 5.55. The van der Waals surface area contributed by atoms with Crippen molar-refractivity contribution >= 4 is 0 Å². The van der Waals surface area contributed by atoms with Crippen LogP contribution >= 0.6 is 0 Å². The molecule has 1 saturated carbocycles. The van der Waals surface area contributed by atoms with E-state index in [1.807, 2.05) is 41.6 Å². The fourth-order valence-electron chi connectivity index (χ4n) is 3.45. The van der Waals surface area contributed by atoms with E-state index in [-0.39, 0.29) is 18.1 Å². The monoisotopic (exact) mass is 351 g/mol. The second kappa shape index (κ2) is 5.59. The fraction of sp³-hybridized carbons (Fsp3) is 0.421. The second-order valence-corrected chi connectivity index (χ2v) is 7.41. The summed E-state index contributed by atoms with van der Waals surface area (Å²) in [7, 11) is 0. The molecule has 1 fully saturated rings. The third kappa shape index (κ3) is 2.46. The molecule has 0 N–H and O–H groups in total. The van der Waals surface area contributed by atoms with Crippen LogP contribution in [0.15, 0.2) is 36.9 Å². The molecule has 1 aliphatic carbocycles. The van der Waals surface area contributed by atoms with Gasteiger partial charge in [-0.25, -0.2) is 14.6 Å². The van der Waals surface area contributed by atoms with Crippen molar-refractivity contribution in [3.63, 3.8) is 0 Å². The van der Waals surface area contributed by atoms with Crippen LogP contribution in [0.2, 0.25) is 0 Å². The largest absolute Gasteiger partial charge is 0.454 e. The van der Waals surface area contributed by atoms with Crippen LogP contribution in [0, 0.1) is 0 Å². The molecule has 0 saturated heterocycles. The molecule has 2 aromatic heterocycles. The molecule has 3 heterocycles. The summed E-state index contributed by atoms with van der Waals surface area (Å²) in [5.41, 5.74) is 0.970. The summed E-state index contributed by atoms with van der Waals surface area (Å²) in [5, 5.41) is 4.83. The highest BCUT2D eigenvalue weighted by atomic mass is 16.7. The highest BCUT2D eigenvalue weighted by Gasteiger charge is 2.49. The molecule has 134 valence electrons. The van der Waals surface area contributed by atoms with E-state index in [1.54, 1.807) is 0 Å². The molecule has 7 heteroatoms. The van der Waals surface area contributed by atoms with E-state index >= 15 is 0 Å². The number of benzene rings is 1. The van der Waals surface area contributed by atoms with Gasteiger partial charge in [0, 0.05) is 36.3 Å². The smallest absolute Gasteiger partial charge is 0.231 e. The molecule has 1 aliphatic heterocycles. The number of aromatic nitrogens is 5. The summed E-state index contributed by atoms with van der Waals surface area (Å²) >= 11 is 0. The quantitative estimate of drug-likeness (QED) is 0.707. The van der Waals surface area contributed by atoms with E-state index < -0.39 is 0 Å². The number of rotatable bonds is 5. The number of nitrogens with zero attached hydrogens (tertiary/aromatic N) is 5. The third-order valence-corrected chi connectivity index (χ3v) is 5.11. The predicted molar refractivity (Wildman–Crippen MR) is 94.7 cm³/mol. The summed E-state index contributed by atoms with van der Waals surface area (Å²) in [4.78, 5) is 9.11. The number of hydrogen-bond acceptors (Lipinski definition) is 5. The maximum Gasteiger partial charge on any atom is 0.231 e. The Morgan fingerprint density at radius 3 is 2.77 bits per heavy atom. The Labute approximate surface area is 151 Å². The van der Waals surface area contributed by atoms with Crippen LogP contribution in [0.5, 0.6) is 11.5 Å². The normalized spacial score (nSPS) is 17.0. The molecule has 3 aromatic rings. The lowest BCUT2D eigenvalue weighted by Gasteiger charge is -2.16. The van der Waals surface area contributed by atoms with Crippen LogP contribution in [0.1, 0.15) is 44.3 Å². The van der Waals surface area contributed by atoms with Crippen molar-refractivity contribution in [2.24, 2.45) is 0 Å². The molecular weight excluding hydrogens is 330 g/mol. The van der Waals surface area contributed by atoms with Gasteiger partial charge in [0.1, 0.15) is 5.82 Å². The summed E-state index contributed by atoms with van der Waals surface area (Å²) in [5.74, 6) is 3.70. The number of ether oxygens (including phenoxy) is 2. The van der Waals surface area contributed by atoms with Crippen LogP contribution in [0.4, 0.5) is 0 Å². The summed E-state index contributed by atoms with van der Waals surface area (Å²) in [6.07, 6.45) is 7.89. The van der Waals surface area contributed by atoms with E-state index in [1.165, 1.54) is 0 Å². The van der Waals surface area contributed by atoms with Gasteiger partial charge in [0.05, 0.1) is 12.0 Å². The van der Waals surface area contributed by atoms with Gasteiger partial charge in [-0.2, -0.15) is 5.10 Å². The molecular formula is C19H21N5O2. The lowest BCUT2D eigenvalue weighted by atomic mass is 10.1. The molecule has 0 atom stereocenters. The highest BCUT2D eigenvalue weighted by molar-refractivity contribution is 5.50. The SMILES string of the molecule is CC(C)c1nc(C2(Cn3ccnc3)CC2)n(-c2ccc3c(c2)OCO3)n1. The van der Waals surface area contributed by atoms with E-state index in [0.717, 1.165) is 48.2 Å². The first-order valence-electron chi connectivity index (χ1n) is 8.98. The van der Waals surface area contributed by atoms with Crippen LogP contribution in [0.3, 0.4) is 0 Å². The lowest BCUT2D eigenvalue weighted by molar-refractivity contribution is 0.174. The molecule has 0 spiro atoms. The van der Waals surface area contributed by atoms with Crippen LogP contribution < -0.4 is 9.47 Å². The average Bonchev–Trinajstić information content (AvgIpc) is 3.08. The topological polar surface area (TPSA) is 67.0 Å². The zero-order valence-electron chi connectivity index (χ0n) is 14.9. The Balaban J connectivity index is 1.59. The van der Waals surface area contributed by atoms with Crippen molar-refractivity contribution in [2.75, 3.05) is 6.79 Å². The van der Waals surface area contributed by atoms with Crippen molar-refractivity contribution in [3.05, 3.63) is 48.6 Å². The third-order valence-electron chi connectivity index (χ3n) is 5.11. The molecule has 26 heavy (non-hydrogen) atoms. The van der Waals surface area contributed by atoms with E-state index in [9.17, 15) is 0 Å². The van der Waals surface area contributed by atoms with Crippen LogP contribution in [0.25, 0.3) is 5.69 Å². The minimum absolute atomic E-state index is 0.0111. The van der Waals surface area contributed by atoms with E-state index in [0.29, 0.717) is 0 Å². The zero-order chi connectivity index (χ0) is 17.7. The minimum atomic E-state index is 0.0111.